The van der Waals surface area contributed by atoms with Gasteiger partial charge in [0.05, 0.1) is 18.9 Å². The van der Waals surface area contributed by atoms with Crippen LogP contribution in [-0.2, 0) is 32.7 Å². The fraction of sp³-hybridized carbons (Fsp3) is 0.591. The molecule has 5 heterocycles. The summed E-state index contributed by atoms with van der Waals surface area (Å²) in [7, 11) is 1.98. The molecule has 9 heteroatoms. The first-order chi connectivity index (χ1) is 15.0. The molecule has 9 nitrogen and oxygen atoms in total. The van der Waals surface area contributed by atoms with Crippen molar-refractivity contribution in [2.45, 2.75) is 44.4 Å². The molecule has 0 radical (unpaired) electrons. The highest BCUT2D eigenvalue weighted by Gasteiger charge is 2.40. The third-order valence-corrected chi connectivity index (χ3v) is 6.54. The number of carbonyl (C=O) groups excluding carboxylic acids is 2. The van der Waals surface area contributed by atoms with E-state index >= 15 is 0 Å². The number of carbonyl (C=O) groups is 2. The average molecular weight is 428 g/mol. The zero-order valence-corrected chi connectivity index (χ0v) is 18.0. The quantitative estimate of drug-likeness (QED) is 0.743. The first-order valence-corrected chi connectivity index (χ1v) is 11.1. The number of rotatable bonds is 4. The van der Waals surface area contributed by atoms with E-state index in [1.54, 1.807) is 4.90 Å². The van der Waals surface area contributed by atoms with Crippen LogP contribution in [0.1, 0.15) is 32.1 Å². The van der Waals surface area contributed by atoms with E-state index < -0.39 is 5.79 Å². The fourth-order valence-electron chi connectivity index (χ4n) is 4.78. The molecule has 3 aliphatic rings. The summed E-state index contributed by atoms with van der Waals surface area (Å²) in [6, 6.07) is 5.97. The van der Waals surface area contributed by atoms with Crippen molar-refractivity contribution in [3.63, 3.8) is 0 Å². The number of aromatic nitrogens is 3. The number of ether oxygens (including phenoxy) is 2. The van der Waals surface area contributed by atoms with Crippen LogP contribution in [-0.4, -0.2) is 69.7 Å². The van der Waals surface area contributed by atoms with Crippen LogP contribution in [0, 0.1) is 0 Å². The largest absolute Gasteiger partial charge is 0.349 e. The molecule has 5 rings (SSSR count). The van der Waals surface area contributed by atoms with Crippen LogP contribution >= 0.6 is 0 Å². The van der Waals surface area contributed by atoms with Crippen molar-refractivity contribution in [1.82, 2.24) is 19.2 Å². The zero-order valence-electron chi connectivity index (χ0n) is 18.0. The molecule has 0 bridgehead atoms. The maximum Gasteiger partial charge on any atom is 0.228 e. The van der Waals surface area contributed by atoms with Crippen LogP contribution in [0.5, 0.6) is 0 Å². The third-order valence-electron chi connectivity index (χ3n) is 6.54. The molecule has 2 amide bonds. The number of hydrogen-bond donors (Lipinski definition) is 0. The summed E-state index contributed by atoms with van der Waals surface area (Å²) in [6.45, 7) is 3.93. The second-order valence-corrected chi connectivity index (χ2v) is 8.50. The molecular weight excluding hydrogens is 398 g/mol. The normalized spacial score (nSPS) is 20.3. The van der Waals surface area contributed by atoms with Gasteiger partial charge in [0.2, 0.25) is 11.8 Å². The van der Waals surface area contributed by atoms with Gasteiger partial charge in [0.1, 0.15) is 11.5 Å². The fourth-order valence-corrected chi connectivity index (χ4v) is 4.78. The lowest BCUT2D eigenvalue weighted by atomic mass is 10.0. The Balaban J connectivity index is 1.19. The van der Waals surface area contributed by atoms with E-state index in [9.17, 15) is 9.59 Å². The summed E-state index contributed by atoms with van der Waals surface area (Å²) in [5.41, 5.74) is 1.87. The Morgan fingerprint density at radius 1 is 1.06 bits per heavy atom. The lowest BCUT2D eigenvalue weighted by molar-refractivity contribution is -0.187. The van der Waals surface area contributed by atoms with Gasteiger partial charge in [-0.15, -0.1) is 0 Å². The predicted octanol–water partition coefficient (Wildman–Crippen LogP) is 1.77. The maximum absolute atomic E-state index is 13.0. The Labute approximate surface area is 181 Å². The van der Waals surface area contributed by atoms with Crippen molar-refractivity contribution < 1.29 is 19.1 Å². The van der Waals surface area contributed by atoms with E-state index in [-0.39, 0.29) is 24.7 Å². The molecule has 31 heavy (non-hydrogen) atoms. The van der Waals surface area contributed by atoms with Crippen LogP contribution < -0.4 is 4.90 Å². The highest BCUT2D eigenvalue weighted by molar-refractivity contribution is 5.95. The molecule has 1 spiro atoms. The van der Waals surface area contributed by atoms with E-state index in [1.807, 2.05) is 45.6 Å². The third kappa shape index (κ3) is 3.87. The smallest absolute Gasteiger partial charge is 0.228 e. The monoisotopic (exact) mass is 427 g/mol. The van der Waals surface area contributed by atoms with Gasteiger partial charge in [-0.25, -0.2) is 4.68 Å². The van der Waals surface area contributed by atoms with Gasteiger partial charge in [0, 0.05) is 71.2 Å². The minimum atomic E-state index is -0.491. The maximum atomic E-state index is 13.0. The van der Waals surface area contributed by atoms with Crippen LogP contribution in [0.2, 0.25) is 0 Å². The van der Waals surface area contributed by atoms with E-state index in [4.69, 9.17) is 14.6 Å². The SMILES string of the molecule is Cn1cccc1-c1cc2n(n1)CCCN2C(=O)CCC(=O)N1CCC2(CC1)OCCO2. The van der Waals surface area contributed by atoms with Crippen molar-refractivity contribution in [3.05, 3.63) is 24.4 Å². The van der Waals surface area contributed by atoms with Gasteiger partial charge in [-0.05, 0) is 18.6 Å². The molecule has 0 aliphatic carbocycles. The van der Waals surface area contributed by atoms with Crippen LogP contribution in [0.15, 0.2) is 24.4 Å². The lowest BCUT2D eigenvalue weighted by Crippen LogP contribution is -2.47. The van der Waals surface area contributed by atoms with Gasteiger partial charge in [-0.2, -0.15) is 5.10 Å². The minimum Gasteiger partial charge on any atom is -0.349 e. The van der Waals surface area contributed by atoms with Crippen molar-refractivity contribution in [3.8, 4) is 11.4 Å². The topological polar surface area (TPSA) is 81.8 Å². The molecule has 2 fully saturated rings. The van der Waals surface area contributed by atoms with Crippen LogP contribution in [0.3, 0.4) is 0 Å². The second kappa shape index (κ2) is 8.12. The molecule has 0 unspecified atom stereocenters. The van der Waals surface area contributed by atoms with Gasteiger partial charge in [-0.1, -0.05) is 0 Å². The van der Waals surface area contributed by atoms with Crippen molar-refractivity contribution in [2.24, 2.45) is 7.05 Å². The van der Waals surface area contributed by atoms with Gasteiger partial charge >= 0.3 is 0 Å². The van der Waals surface area contributed by atoms with Crippen molar-refractivity contribution in [1.29, 1.82) is 0 Å². The van der Waals surface area contributed by atoms with Crippen molar-refractivity contribution >= 4 is 17.6 Å². The standard InChI is InChI=1S/C22H29N5O4/c1-24-9-2-4-18(24)17-16-19-26(10-3-11-27(19)23-17)21(29)6-5-20(28)25-12-7-22(8-13-25)30-14-15-31-22/h2,4,9,16H,3,5-8,10-15H2,1H3. The molecule has 0 aromatic carbocycles. The van der Waals surface area contributed by atoms with E-state index in [0.29, 0.717) is 45.7 Å². The Hall–Kier alpha value is -2.65. The van der Waals surface area contributed by atoms with Gasteiger partial charge in [0.15, 0.2) is 5.79 Å². The average Bonchev–Trinajstić information content (AvgIpc) is 3.51. The van der Waals surface area contributed by atoms with Crippen molar-refractivity contribution in [2.75, 3.05) is 37.7 Å². The molecule has 166 valence electrons. The number of likely N-dealkylation sites (tertiary alicyclic amines) is 1. The second-order valence-electron chi connectivity index (χ2n) is 8.50. The molecule has 2 aromatic rings. The number of fused-ring (bicyclic) bond motifs is 1. The van der Waals surface area contributed by atoms with Crippen LogP contribution in [0.4, 0.5) is 5.82 Å². The number of aryl methyl sites for hydroxylation is 2. The van der Waals surface area contributed by atoms with E-state index in [2.05, 4.69) is 0 Å². The summed E-state index contributed by atoms with van der Waals surface area (Å²) in [5, 5.41) is 4.69. The molecule has 0 saturated carbocycles. The molecule has 0 N–H and O–H groups in total. The Kier molecular flexibility index (Phi) is 5.31. The van der Waals surface area contributed by atoms with Crippen LogP contribution in [0.25, 0.3) is 11.4 Å². The van der Waals surface area contributed by atoms with E-state index in [0.717, 1.165) is 30.2 Å². The zero-order chi connectivity index (χ0) is 21.4. The van der Waals surface area contributed by atoms with Gasteiger partial charge in [0.25, 0.3) is 0 Å². The summed E-state index contributed by atoms with van der Waals surface area (Å²) in [6.07, 6.45) is 4.66. The Morgan fingerprint density at radius 3 is 2.52 bits per heavy atom. The Bertz CT molecular complexity index is 964. The minimum absolute atomic E-state index is 0.0243. The molecular formula is C22H29N5O4. The number of nitrogens with zero attached hydrogens (tertiary/aromatic N) is 5. The summed E-state index contributed by atoms with van der Waals surface area (Å²) in [5.74, 6) is 0.324. The van der Waals surface area contributed by atoms with E-state index in [1.165, 1.54) is 0 Å². The number of anilines is 1. The number of amides is 2. The molecule has 3 aliphatic heterocycles. The lowest BCUT2D eigenvalue weighted by Gasteiger charge is -2.37. The summed E-state index contributed by atoms with van der Waals surface area (Å²) < 4.78 is 15.4. The highest BCUT2D eigenvalue weighted by Crippen LogP contribution is 2.32. The summed E-state index contributed by atoms with van der Waals surface area (Å²) >= 11 is 0. The predicted molar refractivity (Wildman–Crippen MR) is 113 cm³/mol. The first kappa shape index (κ1) is 20.3. The molecule has 2 aromatic heterocycles. The van der Waals surface area contributed by atoms with Gasteiger partial charge in [-0.3, -0.25) is 14.5 Å². The first-order valence-electron chi connectivity index (χ1n) is 11.1. The molecule has 2 saturated heterocycles. The highest BCUT2D eigenvalue weighted by atomic mass is 16.7. The number of piperidine rings is 1. The molecule has 0 atom stereocenters. The van der Waals surface area contributed by atoms with Gasteiger partial charge < -0.3 is 18.9 Å². The summed E-state index contributed by atoms with van der Waals surface area (Å²) in [4.78, 5) is 29.3. The number of hydrogen-bond acceptors (Lipinski definition) is 5. The Morgan fingerprint density at radius 2 is 1.81 bits per heavy atom.